The minimum atomic E-state index is 0. The van der Waals surface area contributed by atoms with E-state index >= 15 is 0 Å². The third kappa shape index (κ3) is 9.74. The fourth-order valence-electron chi connectivity index (χ4n) is 15.3. The van der Waals surface area contributed by atoms with Crippen molar-refractivity contribution in [3.63, 3.8) is 0 Å². The second kappa shape index (κ2) is 23.4. The first-order chi connectivity index (χ1) is 46.8. The van der Waals surface area contributed by atoms with E-state index in [4.69, 9.17) is 4.98 Å². The number of fused-ring (bicyclic) bond motifs is 10. The standard InChI is InChI=1S/C90H63N5.CH4/c1-58-89(66-38-36-65(37-39-66)71-52-79(94-85-32-16-12-28-81(85)82-29-13-17-33-86(82)94)57-80(53-71)95-87-34-18-14-30-83(87)84-31-15-19-35-88(84)95)59(2)91-60(3)90(58)72-54-77(92(73-44-40-61-20-4-8-24-67(61)48-73)74-45-41-62-21-5-9-25-68(62)49-74)56-78(55-72)93(75-46-42-63-22-6-10-26-69(63)50-75)76-47-43-64-23-7-11-27-70(64)51-76;/h4-57H,1-3H3;1H4. The molecule has 0 radical (unpaired) electrons. The molecule has 3 aromatic heterocycles. The first-order valence-corrected chi connectivity index (χ1v) is 32.7. The molecule has 0 saturated carbocycles. The topological polar surface area (TPSA) is 29.2 Å². The lowest BCUT2D eigenvalue weighted by atomic mass is 9.89. The highest BCUT2D eigenvalue weighted by molar-refractivity contribution is 6.11. The third-order valence-corrected chi connectivity index (χ3v) is 19.6. The van der Waals surface area contributed by atoms with Crippen LogP contribution in [0.2, 0.25) is 0 Å². The van der Waals surface area contributed by atoms with Gasteiger partial charge in [-0.25, -0.2) is 0 Å². The molecule has 0 spiro atoms. The summed E-state index contributed by atoms with van der Waals surface area (Å²) >= 11 is 0. The molecule has 0 saturated heterocycles. The van der Waals surface area contributed by atoms with Crippen LogP contribution >= 0.6 is 0 Å². The average molecular weight is 1230 g/mol. The number of benzene rings is 15. The lowest BCUT2D eigenvalue weighted by molar-refractivity contribution is 1.11. The van der Waals surface area contributed by atoms with Crippen molar-refractivity contribution in [2.24, 2.45) is 0 Å². The Hall–Kier alpha value is -12.3. The first kappa shape index (κ1) is 57.6. The van der Waals surface area contributed by atoms with Crippen molar-refractivity contribution >= 4 is 121 Å². The Morgan fingerprint density at radius 1 is 0.240 bits per heavy atom. The van der Waals surface area contributed by atoms with Gasteiger partial charge in [-0.2, -0.15) is 0 Å². The molecule has 96 heavy (non-hydrogen) atoms. The van der Waals surface area contributed by atoms with Gasteiger partial charge in [-0.05, 0) is 201 Å². The minimum Gasteiger partial charge on any atom is -0.310 e. The van der Waals surface area contributed by atoms with Gasteiger partial charge in [0.15, 0.2) is 0 Å². The zero-order chi connectivity index (χ0) is 63.3. The maximum Gasteiger partial charge on any atom is 0.0541 e. The van der Waals surface area contributed by atoms with Gasteiger partial charge in [-0.3, -0.25) is 4.98 Å². The quantitative estimate of drug-likeness (QED) is 0.129. The number of hydrogen-bond acceptors (Lipinski definition) is 3. The molecular weight excluding hydrogens is 1160 g/mol. The molecular formula is C91H67N5. The van der Waals surface area contributed by atoms with Crippen molar-refractivity contribution in [2.75, 3.05) is 9.80 Å². The van der Waals surface area contributed by atoms with Crippen molar-refractivity contribution in [1.82, 2.24) is 14.1 Å². The molecule has 5 heteroatoms. The smallest absolute Gasteiger partial charge is 0.0541 e. The molecule has 0 unspecified atom stereocenters. The van der Waals surface area contributed by atoms with Gasteiger partial charge in [0, 0.05) is 89.6 Å². The van der Waals surface area contributed by atoms with Gasteiger partial charge in [-0.1, -0.05) is 226 Å². The SMILES string of the molecule is C.Cc1nc(C)c(-c2cc(N(c3ccc4ccccc4c3)c3ccc4ccccc4c3)cc(N(c3ccc4ccccc4c3)c3ccc4ccccc4c3)c2)c(C)c1-c1ccc(-c2cc(-n3c4ccccc4c4ccccc43)cc(-n3c4ccccc4c4ccccc43)c2)cc1. The summed E-state index contributed by atoms with van der Waals surface area (Å²) in [6, 6.07) is 121. The van der Waals surface area contributed by atoms with Gasteiger partial charge in [0.1, 0.15) is 0 Å². The molecule has 15 aromatic carbocycles. The van der Waals surface area contributed by atoms with E-state index in [9.17, 15) is 0 Å². The van der Waals surface area contributed by atoms with Crippen LogP contribution < -0.4 is 9.80 Å². The Balaban J connectivity index is 0.00000697. The van der Waals surface area contributed by atoms with Crippen molar-refractivity contribution in [3.8, 4) is 44.8 Å². The second-order valence-corrected chi connectivity index (χ2v) is 25.2. The highest BCUT2D eigenvalue weighted by Gasteiger charge is 2.25. The van der Waals surface area contributed by atoms with Crippen LogP contribution in [-0.2, 0) is 0 Å². The number of aromatic nitrogens is 3. The monoisotopic (exact) mass is 1230 g/mol. The zero-order valence-electron chi connectivity index (χ0n) is 52.9. The highest BCUT2D eigenvalue weighted by atomic mass is 15.2. The van der Waals surface area contributed by atoms with Crippen LogP contribution in [0.1, 0.15) is 24.4 Å². The van der Waals surface area contributed by atoms with E-state index < -0.39 is 0 Å². The number of para-hydroxylation sites is 4. The summed E-state index contributed by atoms with van der Waals surface area (Å²) in [7, 11) is 0. The fourth-order valence-corrected chi connectivity index (χ4v) is 15.3. The molecule has 0 fully saturated rings. The maximum atomic E-state index is 5.53. The predicted octanol–water partition coefficient (Wildman–Crippen LogP) is 25.4. The number of anilines is 6. The van der Waals surface area contributed by atoms with Crippen LogP contribution in [0.5, 0.6) is 0 Å². The fraction of sp³-hybridized carbons (Fsp3) is 0.0440. The Kier molecular flexibility index (Phi) is 14.0. The van der Waals surface area contributed by atoms with E-state index in [2.05, 4.69) is 367 Å². The molecule has 0 aliphatic heterocycles. The van der Waals surface area contributed by atoms with Gasteiger partial charge in [0.2, 0.25) is 0 Å². The molecule has 3 heterocycles. The molecule has 0 bridgehead atoms. The van der Waals surface area contributed by atoms with Gasteiger partial charge in [-0.15, -0.1) is 0 Å². The highest BCUT2D eigenvalue weighted by Crippen LogP contribution is 2.48. The van der Waals surface area contributed by atoms with Gasteiger partial charge < -0.3 is 18.9 Å². The molecule has 0 aliphatic carbocycles. The lowest BCUT2D eigenvalue weighted by Gasteiger charge is -2.31. The second-order valence-electron chi connectivity index (χ2n) is 25.2. The van der Waals surface area contributed by atoms with E-state index in [1.165, 1.54) is 92.3 Å². The van der Waals surface area contributed by atoms with Crippen molar-refractivity contribution in [3.05, 3.63) is 345 Å². The molecule has 0 aliphatic rings. The van der Waals surface area contributed by atoms with Gasteiger partial charge in [0.05, 0.1) is 22.1 Å². The summed E-state index contributed by atoms with van der Waals surface area (Å²) in [6.45, 7) is 6.65. The summed E-state index contributed by atoms with van der Waals surface area (Å²) in [6.07, 6.45) is 0. The lowest BCUT2D eigenvalue weighted by Crippen LogP contribution is -2.14. The van der Waals surface area contributed by atoms with Crippen LogP contribution in [0.4, 0.5) is 34.1 Å². The average Bonchev–Trinajstić information content (AvgIpc) is 1.76. The summed E-state index contributed by atoms with van der Waals surface area (Å²) in [5.74, 6) is 0. The molecule has 18 aromatic rings. The van der Waals surface area contributed by atoms with Crippen molar-refractivity contribution in [1.29, 1.82) is 0 Å². The molecule has 456 valence electrons. The Morgan fingerprint density at radius 3 is 0.896 bits per heavy atom. The van der Waals surface area contributed by atoms with E-state index in [0.29, 0.717) is 0 Å². The summed E-state index contributed by atoms with van der Waals surface area (Å²) in [5, 5.41) is 14.4. The van der Waals surface area contributed by atoms with E-state index in [-0.39, 0.29) is 7.43 Å². The van der Waals surface area contributed by atoms with Gasteiger partial charge in [0.25, 0.3) is 0 Å². The predicted molar refractivity (Wildman–Crippen MR) is 410 cm³/mol. The Morgan fingerprint density at radius 2 is 0.542 bits per heavy atom. The van der Waals surface area contributed by atoms with E-state index in [1.54, 1.807) is 0 Å². The van der Waals surface area contributed by atoms with Crippen molar-refractivity contribution < 1.29 is 0 Å². The summed E-state index contributed by atoms with van der Waals surface area (Å²) in [4.78, 5) is 10.4. The molecule has 0 amide bonds. The first-order valence-electron chi connectivity index (χ1n) is 32.7. The number of rotatable bonds is 11. The molecule has 0 N–H and O–H groups in total. The number of hydrogen-bond donors (Lipinski definition) is 0. The maximum absolute atomic E-state index is 5.53. The summed E-state index contributed by atoms with van der Waals surface area (Å²) in [5.41, 5.74) is 22.9. The van der Waals surface area contributed by atoms with Crippen molar-refractivity contribution in [2.45, 2.75) is 28.2 Å². The molecule has 0 atom stereocenters. The zero-order valence-corrected chi connectivity index (χ0v) is 52.9. The minimum absolute atomic E-state index is 0. The van der Waals surface area contributed by atoms with E-state index in [0.717, 1.165) is 90.3 Å². The Bertz CT molecular complexity index is 5530. The van der Waals surface area contributed by atoms with Crippen LogP contribution in [0.25, 0.3) is 131 Å². The molecule has 18 rings (SSSR count). The largest absolute Gasteiger partial charge is 0.310 e. The van der Waals surface area contributed by atoms with Crippen LogP contribution in [0.3, 0.4) is 0 Å². The van der Waals surface area contributed by atoms with Crippen LogP contribution in [-0.4, -0.2) is 14.1 Å². The number of nitrogens with zero attached hydrogens (tertiary/aromatic N) is 5. The normalized spacial score (nSPS) is 11.6. The van der Waals surface area contributed by atoms with E-state index in [1.807, 2.05) is 0 Å². The number of pyridine rings is 1. The molecule has 5 nitrogen and oxygen atoms in total. The van der Waals surface area contributed by atoms with Crippen LogP contribution in [0, 0.1) is 20.8 Å². The third-order valence-electron chi connectivity index (χ3n) is 19.6. The summed E-state index contributed by atoms with van der Waals surface area (Å²) < 4.78 is 4.89. The van der Waals surface area contributed by atoms with Crippen LogP contribution in [0.15, 0.2) is 328 Å². The van der Waals surface area contributed by atoms with Gasteiger partial charge >= 0.3 is 0 Å². The number of aryl methyl sites for hydroxylation is 2. The Labute approximate surface area is 558 Å².